The largest absolute Gasteiger partial charge is 0.489 e. The average molecular weight is 234 g/mol. The lowest BCUT2D eigenvalue weighted by Crippen LogP contribution is -2.06. The number of rotatable bonds is 4. The first-order valence-electron chi connectivity index (χ1n) is 5.63. The van der Waals surface area contributed by atoms with E-state index in [1.807, 2.05) is 13.8 Å². The summed E-state index contributed by atoms with van der Waals surface area (Å²) in [5.74, 6) is 0.859. The molecule has 0 fully saturated rings. The minimum atomic E-state index is -0.362. The van der Waals surface area contributed by atoms with Gasteiger partial charge in [0.1, 0.15) is 5.76 Å². The van der Waals surface area contributed by atoms with Crippen molar-refractivity contribution in [1.82, 2.24) is 0 Å². The second-order valence-corrected chi connectivity index (χ2v) is 4.30. The predicted molar refractivity (Wildman–Crippen MR) is 64.4 cm³/mol. The van der Waals surface area contributed by atoms with E-state index in [2.05, 4.69) is 0 Å². The summed E-state index contributed by atoms with van der Waals surface area (Å²) in [6, 6.07) is 8.39. The first-order chi connectivity index (χ1) is 8.18. The SMILES string of the molecule is CC(C)COc1c(F)cccc1-c1ccco1. The molecule has 0 N–H and O–H groups in total. The van der Waals surface area contributed by atoms with Crippen LogP contribution < -0.4 is 4.74 Å². The highest BCUT2D eigenvalue weighted by Crippen LogP contribution is 2.32. The van der Waals surface area contributed by atoms with E-state index in [0.717, 1.165) is 0 Å². The maximum Gasteiger partial charge on any atom is 0.165 e. The van der Waals surface area contributed by atoms with Gasteiger partial charge in [0.2, 0.25) is 0 Å². The zero-order valence-corrected chi connectivity index (χ0v) is 9.94. The Balaban J connectivity index is 2.35. The van der Waals surface area contributed by atoms with Gasteiger partial charge in [-0.3, -0.25) is 0 Å². The van der Waals surface area contributed by atoms with Gasteiger partial charge in [-0.2, -0.15) is 0 Å². The highest BCUT2D eigenvalue weighted by atomic mass is 19.1. The van der Waals surface area contributed by atoms with Gasteiger partial charge in [0.25, 0.3) is 0 Å². The minimum absolute atomic E-state index is 0.260. The number of halogens is 1. The Kier molecular flexibility index (Phi) is 3.47. The number of ether oxygens (including phenoxy) is 1. The van der Waals surface area contributed by atoms with Crippen LogP contribution in [-0.4, -0.2) is 6.61 Å². The smallest absolute Gasteiger partial charge is 0.165 e. The summed E-state index contributed by atoms with van der Waals surface area (Å²) in [5, 5.41) is 0. The molecule has 0 atom stereocenters. The molecule has 0 aliphatic heterocycles. The Hall–Kier alpha value is -1.77. The van der Waals surface area contributed by atoms with E-state index in [1.54, 1.807) is 30.5 Å². The Labute approximate surface area is 100 Å². The van der Waals surface area contributed by atoms with Crippen LogP contribution in [0.25, 0.3) is 11.3 Å². The maximum atomic E-state index is 13.7. The van der Waals surface area contributed by atoms with E-state index >= 15 is 0 Å². The number of furan rings is 1. The molecule has 3 heteroatoms. The van der Waals surface area contributed by atoms with Crippen molar-refractivity contribution >= 4 is 0 Å². The Bertz CT molecular complexity index is 475. The monoisotopic (exact) mass is 234 g/mol. The molecule has 0 radical (unpaired) electrons. The summed E-state index contributed by atoms with van der Waals surface area (Å²) in [4.78, 5) is 0. The summed E-state index contributed by atoms with van der Waals surface area (Å²) in [5.41, 5.74) is 0.649. The molecule has 0 aliphatic rings. The van der Waals surface area contributed by atoms with Gasteiger partial charge >= 0.3 is 0 Å². The van der Waals surface area contributed by atoms with Gasteiger partial charge in [-0.1, -0.05) is 19.9 Å². The average Bonchev–Trinajstić information content (AvgIpc) is 2.80. The summed E-state index contributed by atoms with van der Waals surface area (Å²) in [6.07, 6.45) is 1.56. The highest BCUT2D eigenvalue weighted by Gasteiger charge is 2.13. The van der Waals surface area contributed by atoms with Gasteiger partial charge in [0.05, 0.1) is 18.4 Å². The van der Waals surface area contributed by atoms with Crippen LogP contribution in [0.1, 0.15) is 13.8 Å². The van der Waals surface area contributed by atoms with Crippen molar-refractivity contribution in [2.45, 2.75) is 13.8 Å². The first-order valence-corrected chi connectivity index (χ1v) is 5.63. The molecule has 2 nitrogen and oxygen atoms in total. The molecule has 0 bridgehead atoms. The number of para-hydroxylation sites is 1. The normalized spacial score (nSPS) is 10.8. The third-order valence-electron chi connectivity index (χ3n) is 2.31. The molecule has 1 aromatic carbocycles. The topological polar surface area (TPSA) is 22.4 Å². The van der Waals surface area contributed by atoms with Crippen LogP contribution in [0.4, 0.5) is 4.39 Å². The van der Waals surface area contributed by atoms with E-state index < -0.39 is 0 Å². The molecular weight excluding hydrogens is 219 g/mol. The summed E-state index contributed by atoms with van der Waals surface area (Å²) >= 11 is 0. The lowest BCUT2D eigenvalue weighted by molar-refractivity contribution is 0.260. The molecule has 0 aliphatic carbocycles. The van der Waals surface area contributed by atoms with E-state index in [1.165, 1.54) is 6.07 Å². The van der Waals surface area contributed by atoms with Gasteiger partial charge in [0, 0.05) is 0 Å². The van der Waals surface area contributed by atoms with Crippen LogP contribution in [0.2, 0.25) is 0 Å². The number of hydrogen-bond acceptors (Lipinski definition) is 2. The van der Waals surface area contributed by atoms with Crippen LogP contribution >= 0.6 is 0 Å². The van der Waals surface area contributed by atoms with Crippen molar-refractivity contribution in [2.75, 3.05) is 6.61 Å². The van der Waals surface area contributed by atoms with Crippen LogP contribution in [-0.2, 0) is 0 Å². The number of hydrogen-bond donors (Lipinski definition) is 0. The van der Waals surface area contributed by atoms with Crippen molar-refractivity contribution in [3.63, 3.8) is 0 Å². The lowest BCUT2D eigenvalue weighted by Gasteiger charge is -2.12. The molecule has 2 rings (SSSR count). The third kappa shape index (κ3) is 2.67. The summed E-state index contributed by atoms with van der Waals surface area (Å²) < 4.78 is 24.5. The fourth-order valence-corrected chi connectivity index (χ4v) is 1.53. The van der Waals surface area contributed by atoms with Crippen LogP contribution in [0.3, 0.4) is 0 Å². The Morgan fingerprint density at radius 3 is 2.71 bits per heavy atom. The fourth-order valence-electron chi connectivity index (χ4n) is 1.53. The molecule has 17 heavy (non-hydrogen) atoms. The van der Waals surface area contributed by atoms with Crippen LogP contribution in [0.5, 0.6) is 5.75 Å². The maximum absolute atomic E-state index is 13.7. The van der Waals surface area contributed by atoms with E-state index in [-0.39, 0.29) is 11.6 Å². The van der Waals surface area contributed by atoms with E-state index in [9.17, 15) is 4.39 Å². The van der Waals surface area contributed by atoms with Crippen molar-refractivity contribution in [2.24, 2.45) is 5.92 Å². The van der Waals surface area contributed by atoms with E-state index in [0.29, 0.717) is 23.8 Å². The Morgan fingerprint density at radius 2 is 2.06 bits per heavy atom. The second kappa shape index (κ2) is 5.04. The third-order valence-corrected chi connectivity index (χ3v) is 2.31. The molecule has 1 aromatic heterocycles. The zero-order chi connectivity index (χ0) is 12.3. The quantitative estimate of drug-likeness (QED) is 0.794. The van der Waals surface area contributed by atoms with Crippen molar-refractivity contribution in [3.05, 3.63) is 42.4 Å². The van der Waals surface area contributed by atoms with Gasteiger partial charge in [-0.15, -0.1) is 0 Å². The van der Waals surface area contributed by atoms with Gasteiger partial charge in [-0.05, 0) is 30.2 Å². The Morgan fingerprint density at radius 1 is 1.24 bits per heavy atom. The standard InChI is InChI=1S/C14H15FO2/c1-10(2)9-17-14-11(5-3-6-12(14)15)13-7-4-8-16-13/h3-8,10H,9H2,1-2H3. The zero-order valence-electron chi connectivity index (χ0n) is 9.94. The lowest BCUT2D eigenvalue weighted by atomic mass is 10.1. The van der Waals surface area contributed by atoms with Crippen molar-refractivity contribution < 1.29 is 13.5 Å². The molecule has 0 unspecified atom stereocenters. The molecule has 0 saturated heterocycles. The molecule has 0 saturated carbocycles. The van der Waals surface area contributed by atoms with Gasteiger partial charge in [0.15, 0.2) is 11.6 Å². The molecular formula is C14H15FO2. The molecule has 0 amide bonds. The highest BCUT2D eigenvalue weighted by molar-refractivity contribution is 5.65. The second-order valence-electron chi connectivity index (χ2n) is 4.30. The molecule has 0 spiro atoms. The predicted octanol–water partition coefficient (Wildman–Crippen LogP) is 4.12. The molecule has 1 heterocycles. The minimum Gasteiger partial charge on any atom is -0.489 e. The van der Waals surface area contributed by atoms with E-state index in [4.69, 9.17) is 9.15 Å². The van der Waals surface area contributed by atoms with Gasteiger partial charge < -0.3 is 9.15 Å². The number of benzene rings is 1. The molecule has 90 valence electrons. The fraction of sp³-hybridized carbons (Fsp3) is 0.286. The summed E-state index contributed by atoms with van der Waals surface area (Å²) in [6.45, 7) is 4.52. The van der Waals surface area contributed by atoms with Crippen LogP contribution in [0.15, 0.2) is 41.0 Å². The molecule has 2 aromatic rings. The van der Waals surface area contributed by atoms with Crippen LogP contribution in [0, 0.1) is 11.7 Å². The van der Waals surface area contributed by atoms with Crippen molar-refractivity contribution in [1.29, 1.82) is 0 Å². The first kappa shape index (κ1) is 11.7. The van der Waals surface area contributed by atoms with Gasteiger partial charge in [-0.25, -0.2) is 4.39 Å². The van der Waals surface area contributed by atoms with Crippen molar-refractivity contribution in [3.8, 4) is 17.1 Å². The summed E-state index contributed by atoms with van der Waals surface area (Å²) in [7, 11) is 0.